The molecular formula is C16H19NO2S. The van der Waals surface area contributed by atoms with E-state index in [0.29, 0.717) is 5.75 Å². The summed E-state index contributed by atoms with van der Waals surface area (Å²) in [5.74, 6) is 2.12. The molecule has 0 spiro atoms. The zero-order valence-electron chi connectivity index (χ0n) is 11.8. The molecule has 2 aromatic rings. The van der Waals surface area contributed by atoms with Crippen LogP contribution in [0.3, 0.4) is 0 Å². The Hall–Kier alpha value is -1.68. The number of rotatable bonds is 6. The predicted molar refractivity (Wildman–Crippen MR) is 82.6 cm³/mol. The first-order valence-electron chi connectivity index (χ1n) is 6.61. The molecule has 0 bridgehead atoms. The van der Waals surface area contributed by atoms with Crippen LogP contribution in [0.5, 0.6) is 0 Å². The summed E-state index contributed by atoms with van der Waals surface area (Å²) >= 11 is 1.62. The SMILES string of the molecule is Cc1cccc(CSCC(=O)NC(C)c2ccco2)c1. The quantitative estimate of drug-likeness (QED) is 0.881. The summed E-state index contributed by atoms with van der Waals surface area (Å²) in [7, 11) is 0. The molecule has 20 heavy (non-hydrogen) atoms. The Balaban J connectivity index is 1.73. The maximum atomic E-state index is 11.8. The second kappa shape index (κ2) is 7.20. The fourth-order valence-corrected chi connectivity index (χ4v) is 2.74. The van der Waals surface area contributed by atoms with Gasteiger partial charge in [0.15, 0.2) is 0 Å². The Labute approximate surface area is 123 Å². The van der Waals surface area contributed by atoms with E-state index >= 15 is 0 Å². The Morgan fingerprint density at radius 3 is 2.90 bits per heavy atom. The molecule has 1 N–H and O–H groups in total. The number of thioether (sulfide) groups is 1. The van der Waals surface area contributed by atoms with Crippen molar-refractivity contribution >= 4 is 17.7 Å². The van der Waals surface area contributed by atoms with Gasteiger partial charge in [-0.15, -0.1) is 11.8 Å². The van der Waals surface area contributed by atoms with Gasteiger partial charge < -0.3 is 9.73 Å². The summed E-state index contributed by atoms with van der Waals surface area (Å²) in [5, 5.41) is 2.93. The molecule has 0 aliphatic carbocycles. The molecular weight excluding hydrogens is 270 g/mol. The third-order valence-corrected chi connectivity index (χ3v) is 3.94. The minimum absolute atomic E-state index is 0.0338. The first-order chi connectivity index (χ1) is 9.65. The lowest BCUT2D eigenvalue weighted by molar-refractivity contribution is -0.119. The summed E-state index contributed by atoms with van der Waals surface area (Å²) in [4.78, 5) is 11.8. The molecule has 1 amide bonds. The van der Waals surface area contributed by atoms with E-state index in [4.69, 9.17) is 4.42 Å². The van der Waals surface area contributed by atoms with Crippen molar-refractivity contribution in [2.75, 3.05) is 5.75 Å². The molecule has 4 heteroatoms. The molecule has 1 aromatic carbocycles. The van der Waals surface area contributed by atoms with Crippen molar-refractivity contribution in [3.63, 3.8) is 0 Å². The number of amides is 1. The molecule has 1 atom stereocenters. The maximum absolute atomic E-state index is 11.8. The van der Waals surface area contributed by atoms with Gasteiger partial charge in [0.05, 0.1) is 18.1 Å². The molecule has 2 rings (SSSR count). The molecule has 0 saturated heterocycles. The molecule has 106 valence electrons. The summed E-state index contributed by atoms with van der Waals surface area (Å²) in [6, 6.07) is 12.0. The van der Waals surface area contributed by atoms with Gasteiger partial charge in [-0.3, -0.25) is 4.79 Å². The highest BCUT2D eigenvalue weighted by molar-refractivity contribution is 7.99. The highest BCUT2D eigenvalue weighted by Gasteiger charge is 2.11. The van der Waals surface area contributed by atoms with Crippen molar-refractivity contribution in [3.05, 3.63) is 59.5 Å². The smallest absolute Gasteiger partial charge is 0.230 e. The van der Waals surface area contributed by atoms with Crippen molar-refractivity contribution < 1.29 is 9.21 Å². The number of aryl methyl sites for hydroxylation is 1. The van der Waals surface area contributed by atoms with Gasteiger partial charge in [0.1, 0.15) is 5.76 Å². The molecule has 3 nitrogen and oxygen atoms in total. The van der Waals surface area contributed by atoms with Gasteiger partial charge >= 0.3 is 0 Å². The van der Waals surface area contributed by atoms with Crippen LogP contribution in [-0.4, -0.2) is 11.7 Å². The lowest BCUT2D eigenvalue weighted by Gasteiger charge is -2.11. The lowest BCUT2D eigenvalue weighted by Crippen LogP contribution is -2.27. The summed E-state index contributed by atoms with van der Waals surface area (Å²) in [6.07, 6.45) is 1.62. The topological polar surface area (TPSA) is 42.2 Å². The summed E-state index contributed by atoms with van der Waals surface area (Å²) in [5.41, 5.74) is 2.50. The zero-order chi connectivity index (χ0) is 14.4. The van der Waals surface area contributed by atoms with Crippen LogP contribution in [0.25, 0.3) is 0 Å². The summed E-state index contributed by atoms with van der Waals surface area (Å²) in [6.45, 7) is 3.99. The van der Waals surface area contributed by atoms with Crippen molar-refractivity contribution in [1.82, 2.24) is 5.32 Å². The molecule has 0 saturated carbocycles. The predicted octanol–water partition coefficient (Wildman–Crippen LogP) is 3.70. The third kappa shape index (κ3) is 4.46. The molecule has 1 unspecified atom stereocenters. The van der Waals surface area contributed by atoms with Crippen LogP contribution in [0.4, 0.5) is 0 Å². The minimum Gasteiger partial charge on any atom is -0.467 e. The van der Waals surface area contributed by atoms with Crippen molar-refractivity contribution in [1.29, 1.82) is 0 Å². The Bertz CT molecular complexity index is 551. The van der Waals surface area contributed by atoms with E-state index in [0.717, 1.165) is 11.5 Å². The first-order valence-corrected chi connectivity index (χ1v) is 7.76. The number of benzene rings is 1. The fraction of sp³-hybridized carbons (Fsp3) is 0.312. The Morgan fingerprint density at radius 2 is 2.20 bits per heavy atom. The van der Waals surface area contributed by atoms with E-state index in [1.165, 1.54) is 11.1 Å². The molecule has 1 aromatic heterocycles. The van der Waals surface area contributed by atoms with Crippen LogP contribution in [-0.2, 0) is 10.5 Å². The van der Waals surface area contributed by atoms with Gasteiger partial charge in [0.25, 0.3) is 0 Å². The van der Waals surface area contributed by atoms with E-state index in [1.54, 1.807) is 18.0 Å². The van der Waals surface area contributed by atoms with E-state index in [9.17, 15) is 4.79 Å². The van der Waals surface area contributed by atoms with Gasteiger partial charge in [-0.25, -0.2) is 0 Å². The maximum Gasteiger partial charge on any atom is 0.230 e. The van der Waals surface area contributed by atoms with Crippen molar-refractivity contribution in [3.8, 4) is 0 Å². The summed E-state index contributed by atoms with van der Waals surface area (Å²) < 4.78 is 5.26. The van der Waals surface area contributed by atoms with Gasteiger partial charge in [-0.2, -0.15) is 0 Å². The minimum atomic E-state index is -0.0860. The molecule has 1 heterocycles. The van der Waals surface area contributed by atoms with Crippen molar-refractivity contribution in [2.45, 2.75) is 25.6 Å². The highest BCUT2D eigenvalue weighted by atomic mass is 32.2. The van der Waals surface area contributed by atoms with E-state index in [1.807, 2.05) is 25.1 Å². The van der Waals surface area contributed by atoms with Crippen LogP contribution in [0, 0.1) is 6.92 Å². The van der Waals surface area contributed by atoms with Crippen LogP contribution >= 0.6 is 11.8 Å². The second-order valence-corrected chi connectivity index (χ2v) is 5.77. The number of nitrogens with one attached hydrogen (secondary N) is 1. The largest absolute Gasteiger partial charge is 0.467 e. The first kappa shape index (κ1) is 14.7. The molecule has 0 aliphatic heterocycles. The van der Waals surface area contributed by atoms with E-state index < -0.39 is 0 Å². The van der Waals surface area contributed by atoms with Crippen molar-refractivity contribution in [2.24, 2.45) is 0 Å². The lowest BCUT2D eigenvalue weighted by atomic mass is 10.2. The Kier molecular flexibility index (Phi) is 5.30. The number of hydrogen-bond donors (Lipinski definition) is 1. The number of carbonyl (C=O) groups excluding carboxylic acids is 1. The van der Waals surface area contributed by atoms with Crippen LogP contribution in [0.1, 0.15) is 29.9 Å². The third-order valence-electron chi connectivity index (χ3n) is 2.93. The van der Waals surface area contributed by atoms with Crippen LogP contribution in [0.15, 0.2) is 47.1 Å². The van der Waals surface area contributed by atoms with Crippen LogP contribution in [0.2, 0.25) is 0 Å². The zero-order valence-corrected chi connectivity index (χ0v) is 12.6. The standard InChI is InChI=1S/C16H19NO2S/c1-12-5-3-6-14(9-12)10-20-11-16(18)17-13(2)15-7-4-8-19-15/h3-9,13H,10-11H2,1-2H3,(H,17,18). The number of hydrogen-bond acceptors (Lipinski definition) is 3. The highest BCUT2D eigenvalue weighted by Crippen LogP contribution is 2.15. The second-order valence-electron chi connectivity index (χ2n) is 4.79. The average Bonchev–Trinajstić information content (AvgIpc) is 2.92. The normalized spacial score (nSPS) is 12.1. The number of carbonyl (C=O) groups is 1. The van der Waals surface area contributed by atoms with E-state index in [2.05, 4.69) is 30.4 Å². The molecule has 0 radical (unpaired) electrons. The average molecular weight is 289 g/mol. The van der Waals surface area contributed by atoms with Crippen LogP contribution < -0.4 is 5.32 Å². The monoisotopic (exact) mass is 289 g/mol. The van der Waals surface area contributed by atoms with Gasteiger partial charge in [0, 0.05) is 5.75 Å². The Morgan fingerprint density at radius 1 is 1.35 bits per heavy atom. The number of furan rings is 1. The fourth-order valence-electron chi connectivity index (χ4n) is 1.96. The van der Waals surface area contributed by atoms with Gasteiger partial charge in [-0.1, -0.05) is 29.8 Å². The van der Waals surface area contributed by atoms with Gasteiger partial charge in [0.2, 0.25) is 5.91 Å². The van der Waals surface area contributed by atoms with E-state index in [-0.39, 0.29) is 11.9 Å². The molecule has 0 fully saturated rings. The van der Waals surface area contributed by atoms with Gasteiger partial charge in [-0.05, 0) is 31.5 Å². The molecule has 0 aliphatic rings.